The van der Waals surface area contributed by atoms with E-state index in [-0.39, 0.29) is 11.0 Å². The standard InChI is InChI=1S/C19H21BrN4OS/c1-23-10-12-24(13-11-23)17-8-6-16(7-9-17)21-19(26)22-18(25)14-2-4-15(20)5-3-14/h2-9H,10-13H2,1H3,(H2,21,22,25,26). The Morgan fingerprint density at radius 3 is 2.23 bits per heavy atom. The average Bonchev–Trinajstić information content (AvgIpc) is 2.63. The van der Waals surface area contributed by atoms with Gasteiger partial charge >= 0.3 is 0 Å². The number of hydrogen-bond acceptors (Lipinski definition) is 4. The molecule has 0 bridgehead atoms. The lowest BCUT2D eigenvalue weighted by atomic mass is 10.2. The molecular formula is C19H21BrN4OS. The van der Waals surface area contributed by atoms with Crippen molar-refractivity contribution in [3.05, 3.63) is 58.6 Å². The zero-order valence-electron chi connectivity index (χ0n) is 14.5. The van der Waals surface area contributed by atoms with Crippen LogP contribution >= 0.6 is 28.1 Å². The van der Waals surface area contributed by atoms with Crippen molar-refractivity contribution in [1.29, 1.82) is 0 Å². The second-order valence-electron chi connectivity index (χ2n) is 6.25. The predicted molar refractivity (Wildman–Crippen MR) is 114 cm³/mol. The van der Waals surface area contributed by atoms with Gasteiger partial charge in [-0.15, -0.1) is 0 Å². The molecule has 7 heteroatoms. The second-order valence-corrected chi connectivity index (χ2v) is 7.58. The molecule has 0 aromatic heterocycles. The van der Waals surface area contributed by atoms with Crippen molar-refractivity contribution in [2.45, 2.75) is 0 Å². The van der Waals surface area contributed by atoms with Crippen molar-refractivity contribution in [2.24, 2.45) is 0 Å². The molecule has 1 aliphatic rings. The van der Waals surface area contributed by atoms with E-state index < -0.39 is 0 Å². The summed E-state index contributed by atoms with van der Waals surface area (Å²) in [5.41, 5.74) is 2.61. The maximum atomic E-state index is 12.2. The predicted octanol–water partition coefficient (Wildman–Crippen LogP) is 3.33. The summed E-state index contributed by atoms with van der Waals surface area (Å²) in [6.45, 7) is 4.22. The van der Waals surface area contributed by atoms with Crippen LogP contribution in [0.5, 0.6) is 0 Å². The second kappa shape index (κ2) is 8.62. The van der Waals surface area contributed by atoms with E-state index in [1.54, 1.807) is 12.1 Å². The molecule has 2 aromatic rings. The molecule has 26 heavy (non-hydrogen) atoms. The van der Waals surface area contributed by atoms with E-state index in [1.807, 2.05) is 24.3 Å². The average molecular weight is 433 g/mol. The number of carbonyl (C=O) groups excluding carboxylic acids is 1. The van der Waals surface area contributed by atoms with E-state index >= 15 is 0 Å². The van der Waals surface area contributed by atoms with Crippen LogP contribution in [0.4, 0.5) is 11.4 Å². The molecule has 0 spiro atoms. The normalized spacial score (nSPS) is 14.8. The van der Waals surface area contributed by atoms with E-state index in [4.69, 9.17) is 12.2 Å². The van der Waals surface area contributed by atoms with Crippen LogP contribution in [0.25, 0.3) is 0 Å². The molecule has 0 radical (unpaired) electrons. The molecule has 0 aliphatic carbocycles. The number of likely N-dealkylation sites (N-methyl/N-ethyl adjacent to an activating group) is 1. The highest BCUT2D eigenvalue weighted by Gasteiger charge is 2.14. The smallest absolute Gasteiger partial charge is 0.257 e. The molecule has 1 saturated heterocycles. The number of anilines is 2. The number of piperazine rings is 1. The number of nitrogens with zero attached hydrogens (tertiary/aromatic N) is 2. The van der Waals surface area contributed by atoms with E-state index in [0.717, 1.165) is 36.3 Å². The third-order valence-corrected chi connectivity index (χ3v) is 5.06. The molecule has 0 saturated carbocycles. The first-order chi connectivity index (χ1) is 12.5. The Morgan fingerprint density at radius 2 is 1.62 bits per heavy atom. The van der Waals surface area contributed by atoms with Crippen LogP contribution in [0, 0.1) is 0 Å². The summed E-state index contributed by atoms with van der Waals surface area (Å²) in [4.78, 5) is 16.9. The third-order valence-electron chi connectivity index (χ3n) is 4.33. The van der Waals surface area contributed by atoms with Gasteiger partial charge in [0.1, 0.15) is 0 Å². The van der Waals surface area contributed by atoms with Crippen molar-refractivity contribution >= 4 is 50.5 Å². The molecule has 0 atom stereocenters. The molecule has 1 heterocycles. The number of rotatable bonds is 3. The van der Waals surface area contributed by atoms with Crippen molar-refractivity contribution in [3.63, 3.8) is 0 Å². The van der Waals surface area contributed by atoms with E-state index in [2.05, 4.69) is 55.5 Å². The van der Waals surface area contributed by atoms with Gasteiger partial charge in [0.05, 0.1) is 0 Å². The Kier molecular flexibility index (Phi) is 6.24. The molecule has 1 amide bonds. The number of hydrogen-bond donors (Lipinski definition) is 2. The lowest BCUT2D eigenvalue weighted by molar-refractivity contribution is 0.0977. The highest BCUT2D eigenvalue weighted by Crippen LogP contribution is 2.19. The van der Waals surface area contributed by atoms with Gasteiger partial charge in [-0.3, -0.25) is 10.1 Å². The van der Waals surface area contributed by atoms with Crippen molar-refractivity contribution in [2.75, 3.05) is 43.4 Å². The topological polar surface area (TPSA) is 47.6 Å². The quantitative estimate of drug-likeness (QED) is 0.728. The summed E-state index contributed by atoms with van der Waals surface area (Å²) >= 11 is 8.59. The number of nitrogens with one attached hydrogen (secondary N) is 2. The molecule has 0 unspecified atom stereocenters. The van der Waals surface area contributed by atoms with Crippen LogP contribution in [0.1, 0.15) is 10.4 Å². The van der Waals surface area contributed by atoms with Crippen LogP contribution in [0.2, 0.25) is 0 Å². The van der Waals surface area contributed by atoms with Gasteiger partial charge in [0.2, 0.25) is 0 Å². The van der Waals surface area contributed by atoms with Gasteiger partial charge in [0.15, 0.2) is 5.11 Å². The molecule has 2 N–H and O–H groups in total. The van der Waals surface area contributed by atoms with E-state index in [1.165, 1.54) is 5.69 Å². The molecule has 1 aliphatic heterocycles. The van der Waals surface area contributed by atoms with Gasteiger partial charge in [-0.25, -0.2) is 0 Å². The highest BCUT2D eigenvalue weighted by molar-refractivity contribution is 9.10. The fourth-order valence-corrected chi connectivity index (χ4v) is 3.23. The van der Waals surface area contributed by atoms with E-state index in [9.17, 15) is 4.79 Å². The van der Waals surface area contributed by atoms with Crippen LogP contribution in [-0.4, -0.2) is 49.1 Å². The zero-order valence-corrected chi connectivity index (χ0v) is 16.9. The molecule has 5 nitrogen and oxygen atoms in total. The third kappa shape index (κ3) is 5.03. The van der Waals surface area contributed by atoms with Gasteiger partial charge in [-0.2, -0.15) is 0 Å². The molecule has 1 fully saturated rings. The zero-order chi connectivity index (χ0) is 18.5. The van der Waals surface area contributed by atoms with E-state index in [0.29, 0.717) is 5.56 Å². The van der Waals surface area contributed by atoms with Gasteiger partial charge in [0, 0.05) is 47.6 Å². The largest absolute Gasteiger partial charge is 0.369 e. The van der Waals surface area contributed by atoms with Crippen molar-refractivity contribution < 1.29 is 4.79 Å². The number of carbonyl (C=O) groups is 1. The Labute approximate surface area is 167 Å². The van der Waals surface area contributed by atoms with Crippen molar-refractivity contribution in [3.8, 4) is 0 Å². The fraction of sp³-hybridized carbons (Fsp3) is 0.263. The minimum Gasteiger partial charge on any atom is -0.369 e. The summed E-state index contributed by atoms with van der Waals surface area (Å²) < 4.78 is 0.926. The Bertz CT molecular complexity index is 771. The van der Waals surface area contributed by atoms with Gasteiger partial charge in [-0.1, -0.05) is 15.9 Å². The number of halogens is 1. The lowest BCUT2D eigenvalue weighted by Crippen LogP contribution is -2.44. The number of amides is 1. The summed E-state index contributed by atoms with van der Waals surface area (Å²) in [5, 5.41) is 6.03. The van der Waals surface area contributed by atoms with Gasteiger partial charge in [0.25, 0.3) is 5.91 Å². The molecule has 2 aromatic carbocycles. The first kappa shape index (κ1) is 18.8. The Balaban J connectivity index is 1.54. The summed E-state index contributed by atoms with van der Waals surface area (Å²) in [6.07, 6.45) is 0. The van der Waals surface area contributed by atoms with Crippen LogP contribution in [-0.2, 0) is 0 Å². The SMILES string of the molecule is CN1CCN(c2ccc(NC(=S)NC(=O)c3ccc(Br)cc3)cc2)CC1. The van der Waals surface area contributed by atoms with Crippen LogP contribution in [0.3, 0.4) is 0 Å². The van der Waals surface area contributed by atoms with Gasteiger partial charge in [-0.05, 0) is 67.8 Å². The van der Waals surface area contributed by atoms with Gasteiger partial charge < -0.3 is 15.1 Å². The fourth-order valence-electron chi connectivity index (χ4n) is 2.76. The maximum absolute atomic E-state index is 12.2. The maximum Gasteiger partial charge on any atom is 0.257 e. The summed E-state index contributed by atoms with van der Waals surface area (Å²) in [6, 6.07) is 15.2. The molecule has 3 rings (SSSR count). The summed E-state index contributed by atoms with van der Waals surface area (Å²) in [5.74, 6) is -0.232. The highest BCUT2D eigenvalue weighted by atomic mass is 79.9. The first-order valence-electron chi connectivity index (χ1n) is 8.43. The minimum absolute atomic E-state index is 0.232. The Morgan fingerprint density at radius 1 is 1.00 bits per heavy atom. The lowest BCUT2D eigenvalue weighted by Gasteiger charge is -2.34. The minimum atomic E-state index is -0.232. The molecule has 136 valence electrons. The van der Waals surface area contributed by atoms with Crippen LogP contribution < -0.4 is 15.5 Å². The van der Waals surface area contributed by atoms with Crippen molar-refractivity contribution in [1.82, 2.24) is 10.2 Å². The molecular weight excluding hydrogens is 412 g/mol. The summed E-state index contributed by atoms with van der Waals surface area (Å²) in [7, 11) is 2.15. The number of thiocarbonyl (C=S) groups is 1. The Hall–Kier alpha value is -1.96. The monoisotopic (exact) mass is 432 g/mol. The first-order valence-corrected chi connectivity index (χ1v) is 9.63. The van der Waals surface area contributed by atoms with Crippen LogP contribution in [0.15, 0.2) is 53.0 Å². The number of benzene rings is 2.